The number of morpholine rings is 1. The van der Waals surface area contributed by atoms with Crippen molar-refractivity contribution < 1.29 is 4.74 Å². The largest absolute Gasteiger partial charge is 0.372 e. The van der Waals surface area contributed by atoms with Gasteiger partial charge in [-0.15, -0.1) is 0 Å². The van der Waals surface area contributed by atoms with E-state index in [4.69, 9.17) is 4.74 Å². The fourth-order valence-electron chi connectivity index (χ4n) is 4.64. The lowest BCUT2D eigenvalue weighted by atomic mass is 9.84. The average Bonchev–Trinajstić information content (AvgIpc) is 2.88. The smallest absolute Gasteiger partial charge is 0.0707 e. The summed E-state index contributed by atoms with van der Waals surface area (Å²) in [4.78, 5) is 2.69. The van der Waals surface area contributed by atoms with Crippen LogP contribution >= 0.6 is 0 Å². The minimum absolute atomic E-state index is 0.463. The van der Waals surface area contributed by atoms with Gasteiger partial charge in [0.15, 0.2) is 0 Å². The van der Waals surface area contributed by atoms with Gasteiger partial charge in [0.2, 0.25) is 0 Å². The predicted octanol–water partition coefficient (Wildman–Crippen LogP) is 2.65. The van der Waals surface area contributed by atoms with Crippen LogP contribution in [0.1, 0.15) is 52.9 Å². The zero-order valence-electron chi connectivity index (χ0n) is 13.5. The van der Waals surface area contributed by atoms with Crippen LogP contribution in [0.4, 0.5) is 0 Å². The topological polar surface area (TPSA) is 24.5 Å². The SMILES string of the molecule is CCCNC1C(CN2CC3CCC(C2)O3)CCC1(C)C. The lowest BCUT2D eigenvalue weighted by Gasteiger charge is -2.37. The number of nitrogens with zero attached hydrogens (tertiary/aromatic N) is 1. The van der Waals surface area contributed by atoms with E-state index in [0.29, 0.717) is 23.7 Å². The van der Waals surface area contributed by atoms with E-state index in [1.165, 1.54) is 58.3 Å². The van der Waals surface area contributed by atoms with E-state index in [2.05, 4.69) is 31.0 Å². The van der Waals surface area contributed by atoms with E-state index in [0.717, 1.165) is 5.92 Å². The Morgan fingerprint density at radius 3 is 2.50 bits per heavy atom. The summed E-state index contributed by atoms with van der Waals surface area (Å²) in [6.45, 7) is 12.0. The second kappa shape index (κ2) is 5.94. The summed E-state index contributed by atoms with van der Waals surface area (Å²) in [7, 11) is 0. The van der Waals surface area contributed by atoms with E-state index in [1.54, 1.807) is 0 Å². The third-order valence-electron chi connectivity index (χ3n) is 5.70. The van der Waals surface area contributed by atoms with Crippen molar-refractivity contribution in [1.29, 1.82) is 0 Å². The molecule has 0 aromatic rings. The normalized spacial score (nSPS) is 40.4. The number of rotatable bonds is 5. The molecule has 3 nitrogen and oxygen atoms in total. The van der Waals surface area contributed by atoms with E-state index in [9.17, 15) is 0 Å². The summed E-state index contributed by atoms with van der Waals surface area (Å²) in [6, 6.07) is 0.697. The molecule has 1 N–H and O–H groups in total. The van der Waals surface area contributed by atoms with Gasteiger partial charge in [0, 0.05) is 25.7 Å². The first-order valence-corrected chi connectivity index (χ1v) is 8.69. The molecule has 0 spiro atoms. The van der Waals surface area contributed by atoms with Crippen molar-refractivity contribution >= 4 is 0 Å². The molecule has 3 rings (SSSR count). The van der Waals surface area contributed by atoms with Crippen molar-refractivity contribution in [3.8, 4) is 0 Å². The Bertz CT molecular complexity index is 319. The fraction of sp³-hybridized carbons (Fsp3) is 1.00. The number of likely N-dealkylation sites (tertiary alicyclic amines) is 1. The van der Waals surface area contributed by atoms with E-state index < -0.39 is 0 Å². The molecular formula is C17H32N2O. The quantitative estimate of drug-likeness (QED) is 0.838. The van der Waals surface area contributed by atoms with Crippen molar-refractivity contribution in [3.63, 3.8) is 0 Å². The molecule has 2 heterocycles. The fourth-order valence-corrected chi connectivity index (χ4v) is 4.64. The molecule has 116 valence electrons. The third kappa shape index (κ3) is 3.05. The van der Waals surface area contributed by atoms with Crippen molar-refractivity contribution in [2.45, 2.75) is 71.1 Å². The first kappa shape index (κ1) is 14.8. The van der Waals surface area contributed by atoms with Crippen LogP contribution in [0.25, 0.3) is 0 Å². The summed E-state index contributed by atoms with van der Waals surface area (Å²) in [6.07, 6.45) is 7.64. The summed E-state index contributed by atoms with van der Waals surface area (Å²) < 4.78 is 5.97. The summed E-state index contributed by atoms with van der Waals surface area (Å²) in [5.41, 5.74) is 0.463. The van der Waals surface area contributed by atoms with Crippen LogP contribution in [-0.4, -0.2) is 49.3 Å². The zero-order valence-corrected chi connectivity index (χ0v) is 13.5. The van der Waals surface area contributed by atoms with Crippen LogP contribution in [0, 0.1) is 11.3 Å². The third-order valence-corrected chi connectivity index (χ3v) is 5.70. The van der Waals surface area contributed by atoms with Gasteiger partial charge < -0.3 is 10.1 Å². The van der Waals surface area contributed by atoms with Crippen molar-refractivity contribution in [2.75, 3.05) is 26.2 Å². The first-order chi connectivity index (χ1) is 9.58. The van der Waals surface area contributed by atoms with Gasteiger partial charge in [-0.2, -0.15) is 0 Å². The molecule has 2 bridgehead atoms. The van der Waals surface area contributed by atoms with Gasteiger partial charge in [-0.25, -0.2) is 0 Å². The second-order valence-corrected chi connectivity index (χ2v) is 7.90. The minimum atomic E-state index is 0.463. The van der Waals surface area contributed by atoms with Gasteiger partial charge >= 0.3 is 0 Å². The Labute approximate surface area is 124 Å². The maximum absolute atomic E-state index is 5.97. The zero-order chi connectivity index (χ0) is 14.2. The number of ether oxygens (including phenoxy) is 1. The van der Waals surface area contributed by atoms with Crippen molar-refractivity contribution in [1.82, 2.24) is 10.2 Å². The number of hydrogen-bond acceptors (Lipinski definition) is 3. The molecule has 0 amide bonds. The molecule has 0 aromatic heterocycles. The highest BCUT2D eigenvalue weighted by atomic mass is 16.5. The summed E-state index contributed by atoms with van der Waals surface area (Å²) in [5.74, 6) is 0.828. The molecule has 3 aliphatic rings. The number of hydrogen-bond donors (Lipinski definition) is 1. The van der Waals surface area contributed by atoms with Crippen LogP contribution in [-0.2, 0) is 4.74 Å². The van der Waals surface area contributed by atoms with Crippen LogP contribution in [0.5, 0.6) is 0 Å². The van der Waals surface area contributed by atoms with Crippen LogP contribution in [0.3, 0.4) is 0 Å². The van der Waals surface area contributed by atoms with Gasteiger partial charge in [-0.05, 0) is 50.0 Å². The summed E-state index contributed by atoms with van der Waals surface area (Å²) in [5, 5.41) is 3.84. The highest BCUT2D eigenvalue weighted by Gasteiger charge is 2.43. The lowest BCUT2D eigenvalue weighted by Crippen LogP contribution is -2.49. The van der Waals surface area contributed by atoms with Crippen molar-refractivity contribution in [2.24, 2.45) is 11.3 Å². The molecule has 20 heavy (non-hydrogen) atoms. The molecular weight excluding hydrogens is 248 g/mol. The van der Waals surface area contributed by atoms with Gasteiger partial charge in [0.05, 0.1) is 12.2 Å². The van der Waals surface area contributed by atoms with E-state index in [-0.39, 0.29) is 0 Å². The van der Waals surface area contributed by atoms with Gasteiger partial charge in [-0.1, -0.05) is 20.8 Å². The second-order valence-electron chi connectivity index (χ2n) is 7.90. The standard InChI is InChI=1S/C17H32N2O/c1-4-9-18-16-13(7-8-17(16,2)3)10-19-11-14-5-6-15(12-19)20-14/h13-16,18H,4-12H2,1-3H3. The first-order valence-electron chi connectivity index (χ1n) is 8.69. The Kier molecular flexibility index (Phi) is 4.40. The molecule has 1 saturated carbocycles. The lowest BCUT2D eigenvalue weighted by molar-refractivity contribution is -0.0438. The number of fused-ring (bicyclic) bond motifs is 2. The van der Waals surface area contributed by atoms with E-state index >= 15 is 0 Å². The average molecular weight is 280 g/mol. The molecule has 0 aromatic carbocycles. The molecule has 2 aliphatic heterocycles. The highest BCUT2D eigenvalue weighted by Crippen LogP contribution is 2.42. The Morgan fingerprint density at radius 2 is 1.85 bits per heavy atom. The maximum Gasteiger partial charge on any atom is 0.0707 e. The molecule has 4 atom stereocenters. The van der Waals surface area contributed by atoms with E-state index in [1.807, 2.05) is 0 Å². The Balaban J connectivity index is 1.58. The molecule has 0 radical (unpaired) electrons. The molecule has 3 fully saturated rings. The van der Waals surface area contributed by atoms with Gasteiger partial charge in [0.25, 0.3) is 0 Å². The Morgan fingerprint density at radius 1 is 1.15 bits per heavy atom. The molecule has 2 saturated heterocycles. The van der Waals surface area contributed by atoms with Crippen LogP contribution < -0.4 is 5.32 Å². The Hall–Kier alpha value is -0.120. The molecule has 3 heteroatoms. The van der Waals surface area contributed by atoms with Gasteiger partial charge in [0.1, 0.15) is 0 Å². The number of nitrogens with one attached hydrogen (secondary N) is 1. The van der Waals surface area contributed by atoms with Crippen molar-refractivity contribution in [3.05, 3.63) is 0 Å². The monoisotopic (exact) mass is 280 g/mol. The van der Waals surface area contributed by atoms with Gasteiger partial charge in [-0.3, -0.25) is 4.90 Å². The maximum atomic E-state index is 5.97. The van der Waals surface area contributed by atoms with Crippen LogP contribution in [0.2, 0.25) is 0 Å². The molecule has 1 aliphatic carbocycles. The highest BCUT2D eigenvalue weighted by molar-refractivity contribution is 4.98. The molecule has 4 unspecified atom stereocenters. The van der Waals surface area contributed by atoms with Crippen LogP contribution in [0.15, 0.2) is 0 Å². The predicted molar refractivity (Wildman–Crippen MR) is 82.9 cm³/mol. The summed E-state index contributed by atoms with van der Waals surface area (Å²) >= 11 is 0. The minimum Gasteiger partial charge on any atom is -0.372 e.